The molecule has 1 atom stereocenters. The third-order valence-corrected chi connectivity index (χ3v) is 8.04. The van der Waals surface area contributed by atoms with Crippen LogP contribution in [0.1, 0.15) is 56.5 Å². The van der Waals surface area contributed by atoms with Crippen molar-refractivity contribution in [3.63, 3.8) is 0 Å². The molecule has 0 bridgehead atoms. The summed E-state index contributed by atoms with van der Waals surface area (Å²) in [5, 5.41) is 17.2. The van der Waals surface area contributed by atoms with Gasteiger partial charge in [0, 0.05) is 12.5 Å². The first-order valence-corrected chi connectivity index (χ1v) is 17.1. The van der Waals surface area contributed by atoms with E-state index in [0.717, 1.165) is 35.3 Å². The smallest absolute Gasteiger partial charge is 0.465 e. The molecule has 0 radical (unpaired) electrons. The number of rotatable bonds is 19. The van der Waals surface area contributed by atoms with E-state index in [2.05, 4.69) is 49.7 Å². The van der Waals surface area contributed by atoms with Crippen LogP contribution >= 0.6 is 0 Å². The number of ether oxygens (including phenoxy) is 4. The molecule has 0 aliphatic rings. The largest absolute Gasteiger partial charge is 0.511 e. The Hall–Kier alpha value is -5.32. The Kier molecular flexibility index (Phi) is 13.5. The number of tetrazole rings is 1. The number of aromatic amines is 1. The molecule has 0 aliphatic heterocycles. The van der Waals surface area contributed by atoms with Crippen LogP contribution < -0.4 is 10.1 Å². The van der Waals surface area contributed by atoms with Gasteiger partial charge >= 0.3 is 19.7 Å². The van der Waals surface area contributed by atoms with Crippen LogP contribution in [-0.4, -0.2) is 93.9 Å². The van der Waals surface area contributed by atoms with E-state index >= 15 is 0 Å². The van der Waals surface area contributed by atoms with Crippen molar-refractivity contribution < 1.29 is 33.4 Å². The molecule has 0 saturated heterocycles. The molecule has 51 heavy (non-hydrogen) atoms. The Morgan fingerprint density at radius 2 is 1.71 bits per heavy atom. The summed E-state index contributed by atoms with van der Waals surface area (Å²) in [5.41, 5.74) is 5.11. The van der Waals surface area contributed by atoms with E-state index in [-0.39, 0.29) is 12.2 Å². The minimum Gasteiger partial charge on any atom is -0.465 e. The lowest BCUT2D eigenvalue weighted by Crippen LogP contribution is -2.38. The van der Waals surface area contributed by atoms with E-state index in [1.54, 1.807) is 18.2 Å². The molecule has 5 aromatic rings. The molecule has 0 aliphatic carbocycles. The summed E-state index contributed by atoms with van der Waals surface area (Å²) in [6.07, 6.45) is -0.856. The van der Waals surface area contributed by atoms with Crippen molar-refractivity contribution in [3.8, 4) is 28.5 Å². The van der Waals surface area contributed by atoms with E-state index < -0.39 is 18.4 Å². The predicted octanol–water partition coefficient (Wildman–Crippen LogP) is 4.90. The first-order chi connectivity index (χ1) is 24.9. The van der Waals surface area contributed by atoms with Crippen LogP contribution in [0.15, 0.2) is 66.7 Å². The van der Waals surface area contributed by atoms with Gasteiger partial charge in [-0.2, -0.15) is 4.98 Å². The zero-order valence-corrected chi connectivity index (χ0v) is 29.3. The zero-order chi connectivity index (χ0) is 36.0. The number of para-hydroxylation sites is 1. The fraction of sp³-hybridized carbons (Fsp3) is 0.371. The number of nitrogens with one attached hydrogen (secondary N) is 2. The van der Waals surface area contributed by atoms with Crippen LogP contribution in [0.2, 0.25) is 0 Å². The molecule has 0 spiro atoms. The third kappa shape index (κ3) is 9.90. The average Bonchev–Trinajstić information content (AvgIpc) is 3.80. The molecule has 16 heteroatoms. The van der Waals surface area contributed by atoms with Crippen molar-refractivity contribution in [2.24, 2.45) is 0 Å². The molecule has 2 heterocycles. The SMILES string of the molecule is CCOc1nc2cccc(C(=O)OC(C)OC(=O)OCCCCONBN(CC)CC)c2n1Cc1ccc(-c2ccccc2-c2nnn[nH]2)cc1. The van der Waals surface area contributed by atoms with Crippen LogP contribution in [-0.2, 0) is 25.6 Å². The normalized spacial score (nSPS) is 11.8. The van der Waals surface area contributed by atoms with E-state index in [0.29, 0.717) is 63.0 Å². The summed E-state index contributed by atoms with van der Waals surface area (Å²) in [6, 6.07) is 21.4. The molecule has 0 saturated carbocycles. The maximum atomic E-state index is 13.4. The Balaban J connectivity index is 1.20. The number of H-pyrrole nitrogens is 1. The van der Waals surface area contributed by atoms with Crippen molar-refractivity contribution >= 4 is 30.7 Å². The number of imidazole rings is 1. The predicted molar refractivity (Wildman–Crippen MR) is 191 cm³/mol. The van der Waals surface area contributed by atoms with E-state index in [1.807, 2.05) is 60.0 Å². The second kappa shape index (κ2) is 18.6. The summed E-state index contributed by atoms with van der Waals surface area (Å²) in [4.78, 5) is 37.9. The summed E-state index contributed by atoms with van der Waals surface area (Å²) >= 11 is 0. The van der Waals surface area contributed by atoms with Crippen LogP contribution in [0, 0.1) is 0 Å². The lowest BCUT2D eigenvalue weighted by atomic mass is 9.98. The van der Waals surface area contributed by atoms with Gasteiger partial charge in [0.15, 0.2) is 5.82 Å². The van der Waals surface area contributed by atoms with E-state index in [9.17, 15) is 9.59 Å². The number of fused-ring (bicyclic) bond motifs is 1. The van der Waals surface area contributed by atoms with Gasteiger partial charge in [0.05, 0.1) is 43.0 Å². The number of unbranched alkanes of at least 4 members (excludes halogenated alkanes) is 1. The highest BCUT2D eigenvalue weighted by molar-refractivity contribution is 6.27. The number of aromatic nitrogens is 6. The summed E-state index contributed by atoms with van der Waals surface area (Å²) in [5.74, 6) is -0.110. The first-order valence-electron chi connectivity index (χ1n) is 17.1. The standard InChI is InChI=1S/C35H43BN8O7/c1-5-43(6-2)36-40-49-22-11-10-21-48-35(46)51-24(4)50-33(45)29-15-12-16-30-31(29)44(34(37-30)47-7-3)23-25-17-19-26(20-18-25)27-13-8-9-14-28(27)32-38-41-42-39-32/h8-9,12-20,24,36,40H,5-7,10-11,21-23H2,1-4H3,(H,38,39,41,42). The van der Waals surface area contributed by atoms with Gasteiger partial charge < -0.3 is 28.6 Å². The summed E-state index contributed by atoms with van der Waals surface area (Å²) < 4.78 is 23.6. The van der Waals surface area contributed by atoms with Crippen molar-refractivity contribution in [2.45, 2.75) is 53.4 Å². The number of benzene rings is 3. The highest BCUT2D eigenvalue weighted by Gasteiger charge is 2.23. The minimum atomic E-state index is -1.20. The molecule has 2 aromatic heterocycles. The molecule has 15 nitrogen and oxygen atoms in total. The number of hydrogen-bond acceptors (Lipinski definition) is 13. The van der Waals surface area contributed by atoms with Crippen molar-refractivity contribution in [3.05, 3.63) is 77.9 Å². The lowest BCUT2D eigenvalue weighted by molar-refractivity contribution is -0.0821. The molecule has 1 unspecified atom stereocenters. The van der Waals surface area contributed by atoms with Crippen LogP contribution in [0.4, 0.5) is 4.79 Å². The van der Waals surface area contributed by atoms with Crippen LogP contribution in [0.5, 0.6) is 6.01 Å². The van der Waals surface area contributed by atoms with Gasteiger partial charge in [-0.15, -0.1) is 5.10 Å². The molecule has 2 N–H and O–H groups in total. The molecule has 5 rings (SSSR count). The Bertz CT molecular complexity index is 1850. The van der Waals surface area contributed by atoms with Gasteiger partial charge in [0.2, 0.25) is 6.29 Å². The number of nitrogens with zero attached hydrogens (tertiary/aromatic N) is 6. The Morgan fingerprint density at radius 1 is 0.941 bits per heavy atom. The third-order valence-electron chi connectivity index (χ3n) is 8.04. The van der Waals surface area contributed by atoms with Gasteiger partial charge in [-0.25, -0.2) is 20.1 Å². The van der Waals surface area contributed by atoms with Gasteiger partial charge in [-0.3, -0.25) is 4.57 Å². The fourth-order valence-corrected chi connectivity index (χ4v) is 5.40. The molecular formula is C35H43BN8O7. The fourth-order valence-electron chi connectivity index (χ4n) is 5.40. The van der Waals surface area contributed by atoms with E-state index in [1.165, 1.54) is 6.92 Å². The second-order valence-corrected chi connectivity index (χ2v) is 11.4. The zero-order valence-electron chi connectivity index (χ0n) is 29.3. The van der Waals surface area contributed by atoms with Gasteiger partial charge in [-0.05, 0) is 72.1 Å². The van der Waals surface area contributed by atoms with Gasteiger partial charge in [0.1, 0.15) is 0 Å². The van der Waals surface area contributed by atoms with Crippen molar-refractivity contribution in [2.75, 3.05) is 32.9 Å². The number of hydrogen-bond donors (Lipinski definition) is 2. The highest BCUT2D eigenvalue weighted by atomic mass is 16.8. The van der Waals surface area contributed by atoms with Gasteiger partial charge in [0.25, 0.3) is 6.01 Å². The number of carbonyl (C=O) groups excluding carboxylic acids is 2. The Labute approximate surface area is 296 Å². The molecular weight excluding hydrogens is 655 g/mol. The van der Waals surface area contributed by atoms with Crippen molar-refractivity contribution in [1.82, 2.24) is 40.4 Å². The second-order valence-electron chi connectivity index (χ2n) is 11.4. The summed E-state index contributed by atoms with van der Waals surface area (Å²) in [7, 11) is 0.645. The molecule has 3 aromatic carbocycles. The number of esters is 1. The molecule has 0 amide bonds. The lowest BCUT2D eigenvalue weighted by Gasteiger charge is -2.16. The van der Waals surface area contributed by atoms with E-state index in [4.69, 9.17) is 23.8 Å². The van der Waals surface area contributed by atoms with Gasteiger partial charge in [-0.1, -0.05) is 68.4 Å². The maximum Gasteiger partial charge on any atom is 0.511 e. The highest BCUT2D eigenvalue weighted by Crippen LogP contribution is 2.31. The minimum absolute atomic E-state index is 0.143. The maximum absolute atomic E-state index is 13.4. The van der Waals surface area contributed by atoms with Crippen LogP contribution in [0.25, 0.3) is 33.5 Å². The van der Waals surface area contributed by atoms with Crippen molar-refractivity contribution in [1.29, 1.82) is 0 Å². The Morgan fingerprint density at radius 3 is 2.43 bits per heavy atom. The molecule has 0 fully saturated rings. The topological polar surface area (TPSA) is 168 Å². The average molecular weight is 699 g/mol. The summed E-state index contributed by atoms with van der Waals surface area (Å²) in [6.45, 7) is 10.7. The quantitative estimate of drug-likeness (QED) is 0.0393. The number of carbonyl (C=O) groups is 2. The monoisotopic (exact) mass is 698 g/mol. The first kappa shape index (κ1) is 37.0. The van der Waals surface area contributed by atoms with Crippen LogP contribution in [0.3, 0.4) is 0 Å². The molecule has 268 valence electrons.